The first-order valence-corrected chi connectivity index (χ1v) is 8.18. The number of aromatic nitrogens is 3. The summed E-state index contributed by atoms with van der Waals surface area (Å²) in [6, 6.07) is 5.53. The first-order chi connectivity index (χ1) is 12.2. The van der Waals surface area contributed by atoms with E-state index in [0.717, 1.165) is 5.69 Å². The van der Waals surface area contributed by atoms with Crippen molar-refractivity contribution in [3.63, 3.8) is 0 Å². The maximum Gasteiger partial charge on any atom is 0.227 e. The van der Waals surface area contributed by atoms with Crippen LogP contribution in [0.25, 0.3) is 0 Å². The van der Waals surface area contributed by atoms with Crippen LogP contribution in [0.4, 0.5) is 16.2 Å². The van der Waals surface area contributed by atoms with Crippen molar-refractivity contribution in [2.24, 2.45) is 0 Å². The van der Waals surface area contributed by atoms with Crippen molar-refractivity contribution in [3.8, 4) is 0 Å². The maximum absolute atomic E-state index is 14.2. The Kier molecular flexibility index (Phi) is 5.72. The van der Waals surface area contributed by atoms with Crippen molar-refractivity contribution in [1.82, 2.24) is 15.0 Å². The summed E-state index contributed by atoms with van der Waals surface area (Å²) < 4.78 is 24.9. The third kappa shape index (κ3) is 4.02. The zero-order valence-corrected chi connectivity index (χ0v) is 14.4. The molecule has 0 aliphatic carbocycles. The largest absolute Gasteiger partial charge is 0.382 e. The molecule has 0 amide bonds. The molecular formula is C17H22FN5O2. The Labute approximate surface area is 146 Å². The molecule has 1 fully saturated rings. The molecule has 0 radical (unpaired) electrons. The van der Waals surface area contributed by atoms with Gasteiger partial charge in [-0.15, -0.1) is 0 Å². The van der Waals surface area contributed by atoms with Crippen LogP contribution in [-0.2, 0) is 9.47 Å². The summed E-state index contributed by atoms with van der Waals surface area (Å²) in [6.07, 6.45) is 2.95. The lowest BCUT2D eigenvalue weighted by Gasteiger charge is -2.30. The van der Waals surface area contributed by atoms with Crippen LogP contribution in [0.1, 0.15) is 11.7 Å². The van der Waals surface area contributed by atoms with Gasteiger partial charge >= 0.3 is 0 Å². The van der Waals surface area contributed by atoms with E-state index in [0.29, 0.717) is 44.7 Å². The van der Waals surface area contributed by atoms with E-state index in [1.54, 1.807) is 13.3 Å². The van der Waals surface area contributed by atoms with Crippen LogP contribution < -0.4 is 9.80 Å². The van der Waals surface area contributed by atoms with Crippen LogP contribution in [0.3, 0.4) is 0 Å². The summed E-state index contributed by atoms with van der Waals surface area (Å²) in [5.74, 6) is 0.299. The lowest BCUT2D eigenvalue weighted by Crippen LogP contribution is -2.38. The highest BCUT2D eigenvalue weighted by molar-refractivity contribution is 5.46. The SMILES string of the molecule is COCC(c1ccccn1)N(C)c1ncc(F)c(N2CCOCC2)n1. The molecule has 8 heteroatoms. The van der Waals surface area contributed by atoms with Crippen molar-refractivity contribution in [2.75, 3.05) is 56.9 Å². The Hall–Kier alpha value is -2.32. The summed E-state index contributed by atoms with van der Waals surface area (Å²) in [5.41, 5.74) is 0.840. The molecule has 7 nitrogen and oxygen atoms in total. The molecule has 134 valence electrons. The molecule has 3 rings (SSSR count). The number of rotatable bonds is 6. The molecule has 1 unspecified atom stereocenters. The summed E-state index contributed by atoms with van der Waals surface area (Å²) in [6.45, 7) is 2.77. The van der Waals surface area contributed by atoms with E-state index in [-0.39, 0.29) is 6.04 Å². The highest BCUT2D eigenvalue weighted by atomic mass is 19.1. The zero-order valence-electron chi connectivity index (χ0n) is 14.4. The number of nitrogens with zero attached hydrogens (tertiary/aromatic N) is 5. The highest BCUT2D eigenvalue weighted by Crippen LogP contribution is 2.25. The van der Waals surface area contributed by atoms with Gasteiger partial charge < -0.3 is 19.3 Å². The van der Waals surface area contributed by atoms with Crippen molar-refractivity contribution < 1.29 is 13.9 Å². The van der Waals surface area contributed by atoms with Gasteiger partial charge in [-0.1, -0.05) is 6.07 Å². The Morgan fingerprint density at radius 1 is 1.32 bits per heavy atom. The molecule has 25 heavy (non-hydrogen) atoms. The molecule has 0 aromatic carbocycles. The summed E-state index contributed by atoms with van der Waals surface area (Å²) in [7, 11) is 3.49. The number of hydrogen-bond acceptors (Lipinski definition) is 7. The van der Waals surface area contributed by atoms with Gasteiger partial charge in [0.15, 0.2) is 11.6 Å². The maximum atomic E-state index is 14.2. The fourth-order valence-electron chi connectivity index (χ4n) is 2.78. The smallest absolute Gasteiger partial charge is 0.227 e. The van der Waals surface area contributed by atoms with Gasteiger partial charge in [-0.25, -0.2) is 9.37 Å². The summed E-state index contributed by atoms with van der Waals surface area (Å²) in [4.78, 5) is 16.7. The fraction of sp³-hybridized carbons (Fsp3) is 0.471. The van der Waals surface area contributed by atoms with E-state index < -0.39 is 5.82 Å². The lowest BCUT2D eigenvalue weighted by molar-refractivity contribution is 0.122. The van der Waals surface area contributed by atoms with E-state index in [1.165, 1.54) is 6.20 Å². The van der Waals surface area contributed by atoms with Gasteiger partial charge in [0.05, 0.1) is 37.8 Å². The molecule has 2 aromatic rings. The van der Waals surface area contributed by atoms with Crippen LogP contribution in [0.5, 0.6) is 0 Å². The summed E-state index contributed by atoms with van der Waals surface area (Å²) in [5, 5.41) is 0. The number of morpholine rings is 1. The molecule has 2 aromatic heterocycles. The van der Waals surface area contributed by atoms with Gasteiger partial charge in [0.2, 0.25) is 5.95 Å². The molecule has 0 bridgehead atoms. The van der Waals surface area contributed by atoms with Crippen molar-refractivity contribution in [2.45, 2.75) is 6.04 Å². The van der Waals surface area contributed by atoms with E-state index in [1.807, 2.05) is 35.0 Å². The average molecular weight is 347 g/mol. The number of hydrogen-bond donors (Lipinski definition) is 0. The first kappa shape index (κ1) is 17.5. The lowest BCUT2D eigenvalue weighted by atomic mass is 10.2. The molecule has 3 heterocycles. The predicted molar refractivity (Wildman–Crippen MR) is 92.3 cm³/mol. The molecular weight excluding hydrogens is 325 g/mol. The first-order valence-electron chi connectivity index (χ1n) is 8.18. The minimum absolute atomic E-state index is 0.172. The van der Waals surface area contributed by atoms with Gasteiger partial charge in [-0.2, -0.15) is 4.98 Å². The Morgan fingerprint density at radius 3 is 2.80 bits per heavy atom. The molecule has 1 aliphatic heterocycles. The Bertz CT molecular complexity index is 682. The van der Waals surface area contributed by atoms with E-state index in [4.69, 9.17) is 9.47 Å². The van der Waals surface area contributed by atoms with E-state index in [2.05, 4.69) is 15.0 Å². The molecule has 0 N–H and O–H groups in total. The second-order valence-corrected chi connectivity index (χ2v) is 5.78. The molecule has 1 atom stereocenters. The number of methoxy groups -OCH3 is 1. The minimum atomic E-state index is -0.430. The molecule has 0 saturated carbocycles. The molecule has 0 spiro atoms. The minimum Gasteiger partial charge on any atom is -0.382 e. The second kappa shape index (κ2) is 8.17. The number of anilines is 2. The van der Waals surface area contributed by atoms with Gasteiger partial charge in [0.25, 0.3) is 0 Å². The Balaban J connectivity index is 1.88. The third-order valence-corrected chi connectivity index (χ3v) is 4.16. The van der Waals surface area contributed by atoms with Crippen molar-refractivity contribution >= 4 is 11.8 Å². The van der Waals surface area contributed by atoms with Crippen LogP contribution in [0, 0.1) is 5.82 Å². The number of halogens is 1. The predicted octanol–water partition coefficient (Wildman–Crippen LogP) is 1.67. The van der Waals surface area contributed by atoms with Gasteiger partial charge in [-0.05, 0) is 12.1 Å². The van der Waals surface area contributed by atoms with Gasteiger partial charge in [0, 0.05) is 33.4 Å². The molecule has 1 aliphatic rings. The number of ether oxygens (including phenoxy) is 2. The van der Waals surface area contributed by atoms with Gasteiger partial charge in [-0.3, -0.25) is 4.98 Å². The van der Waals surface area contributed by atoms with Crippen molar-refractivity contribution in [3.05, 3.63) is 42.1 Å². The van der Waals surface area contributed by atoms with Crippen molar-refractivity contribution in [1.29, 1.82) is 0 Å². The summed E-state index contributed by atoms with van der Waals surface area (Å²) >= 11 is 0. The van der Waals surface area contributed by atoms with E-state index >= 15 is 0 Å². The van der Waals surface area contributed by atoms with E-state index in [9.17, 15) is 4.39 Å². The number of likely N-dealkylation sites (N-methyl/N-ethyl adjacent to an activating group) is 1. The van der Waals surface area contributed by atoms with Crippen LogP contribution in [-0.4, -0.2) is 62.0 Å². The highest BCUT2D eigenvalue weighted by Gasteiger charge is 2.24. The third-order valence-electron chi connectivity index (χ3n) is 4.16. The normalized spacial score (nSPS) is 15.9. The number of pyridine rings is 1. The molecule has 1 saturated heterocycles. The van der Waals surface area contributed by atoms with Gasteiger partial charge in [0.1, 0.15) is 0 Å². The zero-order chi connectivity index (χ0) is 17.6. The monoisotopic (exact) mass is 347 g/mol. The van der Waals surface area contributed by atoms with Crippen LogP contribution >= 0.6 is 0 Å². The second-order valence-electron chi connectivity index (χ2n) is 5.78. The van der Waals surface area contributed by atoms with Crippen LogP contribution in [0.2, 0.25) is 0 Å². The van der Waals surface area contributed by atoms with Crippen LogP contribution in [0.15, 0.2) is 30.6 Å². The quantitative estimate of drug-likeness (QED) is 0.787. The average Bonchev–Trinajstić information content (AvgIpc) is 2.67. The standard InChI is InChI=1S/C17H22FN5O2/c1-22(15(12-24-2)14-5-3-4-6-19-14)17-20-11-13(18)16(21-17)23-7-9-25-10-8-23/h3-6,11,15H,7-10,12H2,1-2H3. The topological polar surface area (TPSA) is 63.6 Å². The Morgan fingerprint density at radius 2 is 2.12 bits per heavy atom. The fourth-order valence-corrected chi connectivity index (χ4v) is 2.78.